The topological polar surface area (TPSA) is 12.4 Å². The van der Waals surface area contributed by atoms with E-state index in [-0.39, 0.29) is 0 Å². The van der Waals surface area contributed by atoms with E-state index in [2.05, 4.69) is 10.6 Å². The Balaban J connectivity index is 2.45. The van der Waals surface area contributed by atoms with Crippen molar-refractivity contribution < 1.29 is 0 Å². The second kappa shape index (κ2) is 1.73. The van der Waals surface area contributed by atoms with Gasteiger partial charge in [-0.3, -0.25) is 4.36 Å². The quantitative estimate of drug-likeness (QED) is 0.430. The smallest absolute Gasteiger partial charge is 0.0466 e. The summed E-state index contributed by atoms with van der Waals surface area (Å²) in [5, 5.41) is 0. The van der Waals surface area contributed by atoms with E-state index in [1.54, 1.807) is 0 Å². The normalized spacial score (nSPS) is 33.2. The lowest BCUT2D eigenvalue weighted by Crippen LogP contribution is -1.81. The van der Waals surface area contributed by atoms with E-state index in [0.29, 0.717) is 10.7 Å². The van der Waals surface area contributed by atoms with Gasteiger partial charge in [-0.15, -0.1) is 10.7 Å². The van der Waals surface area contributed by atoms with Gasteiger partial charge < -0.3 is 0 Å². The molecule has 0 radical (unpaired) electrons. The van der Waals surface area contributed by atoms with E-state index in [9.17, 15) is 0 Å². The molecule has 0 aromatic heterocycles. The van der Waals surface area contributed by atoms with E-state index in [0.717, 1.165) is 6.54 Å². The highest BCUT2D eigenvalue weighted by Gasteiger charge is 1.95. The summed E-state index contributed by atoms with van der Waals surface area (Å²) in [6.45, 7) is 1.12. The van der Waals surface area contributed by atoms with Crippen molar-refractivity contribution in [3.8, 4) is 0 Å². The van der Waals surface area contributed by atoms with Crippen molar-refractivity contribution in [1.29, 1.82) is 0 Å². The van der Waals surface area contributed by atoms with Crippen LogP contribution >= 0.6 is 0 Å². The molecular formula is C4H9NS. The van der Waals surface area contributed by atoms with Crippen LogP contribution in [0.1, 0.15) is 6.42 Å². The monoisotopic (exact) mass is 103 g/mol. The zero-order valence-corrected chi connectivity index (χ0v) is 4.79. The van der Waals surface area contributed by atoms with Gasteiger partial charge >= 0.3 is 0 Å². The molecule has 2 heteroatoms. The molecule has 0 fully saturated rings. The van der Waals surface area contributed by atoms with Gasteiger partial charge in [-0.05, 0) is 12.7 Å². The van der Waals surface area contributed by atoms with E-state index in [4.69, 9.17) is 0 Å². The second-order valence-electron chi connectivity index (χ2n) is 1.51. The Morgan fingerprint density at radius 2 is 2.50 bits per heavy atom. The largest absolute Gasteiger partial charge is 0.265 e. The van der Waals surface area contributed by atoms with Crippen molar-refractivity contribution in [2.45, 2.75) is 6.42 Å². The Bertz CT molecular complexity index is 77.6. The summed E-state index contributed by atoms with van der Waals surface area (Å²) >= 11 is 0. The SMILES string of the molecule is CS1=NCCC1. The Kier molecular flexibility index (Phi) is 1.25. The minimum Gasteiger partial charge on any atom is -0.265 e. The average molecular weight is 103 g/mol. The van der Waals surface area contributed by atoms with Crippen molar-refractivity contribution >= 4 is 10.7 Å². The fourth-order valence-electron chi connectivity index (χ4n) is 0.558. The molecule has 0 amide bonds. The van der Waals surface area contributed by atoms with Crippen LogP contribution in [0.2, 0.25) is 0 Å². The first-order valence-electron chi connectivity index (χ1n) is 2.20. The summed E-state index contributed by atoms with van der Waals surface area (Å²) in [5.74, 6) is 1.35. The highest BCUT2D eigenvalue weighted by atomic mass is 32.2. The number of hydrogen-bond donors (Lipinski definition) is 0. The van der Waals surface area contributed by atoms with E-state index >= 15 is 0 Å². The molecule has 1 nitrogen and oxygen atoms in total. The van der Waals surface area contributed by atoms with Gasteiger partial charge in [0.15, 0.2) is 0 Å². The van der Waals surface area contributed by atoms with Gasteiger partial charge in [-0.1, -0.05) is 0 Å². The minimum atomic E-state index is 0.452. The molecule has 0 saturated carbocycles. The summed E-state index contributed by atoms with van der Waals surface area (Å²) in [6, 6.07) is 0. The van der Waals surface area contributed by atoms with Crippen LogP contribution in [0.15, 0.2) is 4.36 Å². The summed E-state index contributed by atoms with van der Waals surface area (Å²) < 4.78 is 4.26. The molecule has 6 heavy (non-hydrogen) atoms. The third-order valence-corrected chi connectivity index (χ3v) is 2.41. The Morgan fingerprint density at radius 3 is 2.67 bits per heavy atom. The van der Waals surface area contributed by atoms with Gasteiger partial charge in [0.25, 0.3) is 0 Å². The van der Waals surface area contributed by atoms with Gasteiger partial charge in [0.2, 0.25) is 0 Å². The zero-order valence-electron chi connectivity index (χ0n) is 3.98. The van der Waals surface area contributed by atoms with Crippen molar-refractivity contribution in [2.75, 3.05) is 18.6 Å². The molecule has 0 aliphatic carbocycles. The second-order valence-corrected chi connectivity index (χ2v) is 3.38. The van der Waals surface area contributed by atoms with Crippen LogP contribution in [0.5, 0.6) is 0 Å². The number of nitrogens with zero attached hydrogens (tertiary/aromatic N) is 1. The molecule has 0 bridgehead atoms. The fraction of sp³-hybridized carbons (Fsp3) is 1.00. The zero-order chi connectivity index (χ0) is 4.41. The summed E-state index contributed by atoms with van der Waals surface area (Å²) in [7, 11) is 0.452. The van der Waals surface area contributed by atoms with Crippen molar-refractivity contribution in [3.63, 3.8) is 0 Å². The van der Waals surface area contributed by atoms with Crippen molar-refractivity contribution in [3.05, 3.63) is 0 Å². The average Bonchev–Trinajstić information content (AvgIpc) is 1.86. The molecule has 0 saturated heterocycles. The number of hydrogen-bond acceptors (Lipinski definition) is 1. The highest BCUT2D eigenvalue weighted by molar-refractivity contribution is 7.86. The van der Waals surface area contributed by atoms with E-state index in [1.165, 1.54) is 12.2 Å². The molecule has 0 spiro atoms. The van der Waals surface area contributed by atoms with Crippen molar-refractivity contribution in [2.24, 2.45) is 4.36 Å². The third kappa shape index (κ3) is 0.805. The minimum absolute atomic E-state index is 0.452. The molecule has 0 aromatic rings. The lowest BCUT2D eigenvalue weighted by atomic mass is 10.5. The standard InChI is InChI=1S/C4H9NS/c1-6-4-2-3-5-6/h2-4H2,1H3. The van der Waals surface area contributed by atoms with Crippen LogP contribution in [-0.4, -0.2) is 18.6 Å². The summed E-state index contributed by atoms with van der Waals surface area (Å²) in [4.78, 5) is 0. The van der Waals surface area contributed by atoms with Crippen molar-refractivity contribution in [1.82, 2.24) is 0 Å². The van der Waals surface area contributed by atoms with Gasteiger partial charge in [0.05, 0.1) is 0 Å². The fourth-order valence-corrected chi connectivity index (χ4v) is 1.68. The van der Waals surface area contributed by atoms with E-state index < -0.39 is 0 Å². The molecular weight excluding hydrogens is 94.1 g/mol. The Hall–Kier alpha value is 0.150. The van der Waals surface area contributed by atoms with Gasteiger partial charge in [0.1, 0.15) is 0 Å². The molecule has 0 aromatic carbocycles. The maximum Gasteiger partial charge on any atom is 0.0466 e. The molecule has 0 N–H and O–H groups in total. The highest BCUT2D eigenvalue weighted by Crippen LogP contribution is 1.97. The number of rotatable bonds is 0. The Labute approximate surface area is 40.9 Å². The van der Waals surface area contributed by atoms with Crippen LogP contribution < -0.4 is 0 Å². The van der Waals surface area contributed by atoms with E-state index in [1.807, 2.05) is 0 Å². The molecule has 1 rings (SSSR count). The summed E-state index contributed by atoms with van der Waals surface area (Å²) in [5.41, 5.74) is 0. The van der Waals surface area contributed by atoms with Crippen LogP contribution in [0.4, 0.5) is 0 Å². The van der Waals surface area contributed by atoms with Gasteiger partial charge in [0, 0.05) is 12.3 Å². The predicted octanol–water partition coefficient (Wildman–Crippen LogP) is 0.822. The first-order chi connectivity index (χ1) is 2.89. The maximum absolute atomic E-state index is 4.26. The molecule has 1 heterocycles. The molecule has 1 atom stereocenters. The predicted molar refractivity (Wildman–Crippen MR) is 30.1 cm³/mol. The first-order valence-corrected chi connectivity index (χ1v) is 3.95. The lowest BCUT2D eigenvalue weighted by Gasteiger charge is -1.80. The van der Waals surface area contributed by atoms with Gasteiger partial charge in [-0.2, -0.15) is 0 Å². The Morgan fingerprint density at radius 1 is 1.67 bits per heavy atom. The molecule has 1 unspecified atom stereocenters. The molecule has 1 aliphatic rings. The van der Waals surface area contributed by atoms with Crippen LogP contribution in [0, 0.1) is 0 Å². The van der Waals surface area contributed by atoms with Crippen LogP contribution in [-0.2, 0) is 10.7 Å². The lowest BCUT2D eigenvalue weighted by molar-refractivity contribution is 0.993. The first kappa shape index (κ1) is 4.31. The maximum atomic E-state index is 4.26. The summed E-state index contributed by atoms with van der Waals surface area (Å²) in [6.07, 6.45) is 3.53. The third-order valence-electron chi connectivity index (χ3n) is 0.910. The molecule has 36 valence electrons. The van der Waals surface area contributed by atoms with Crippen LogP contribution in [0.25, 0.3) is 0 Å². The van der Waals surface area contributed by atoms with Gasteiger partial charge in [-0.25, -0.2) is 0 Å². The molecule has 1 aliphatic heterocycles. The van der Waals surface area contributed by atoms with Crippen LogP contribution in [0.3, 0.4) is 0 Å².